The topological polar surface area (TPSA) is 119 Å². The quantitative estimate of drug-likeness (QED) is 0.334. The van der Waals surface area contributed by atoms with Crippen LogP contribution in [-0.4, -0.2) is 27.8 Å². The standard InChI is InChI=1S/C11H19N3O4/c1-5-7(6-8(13-16)10(12)15)9(14(17)18)11(2,3)4/h6,9,16H,5H2,1-4H3,(H2,12,15). The van der Waals surface area contributed by atoms with Gasteiger partial charge in [-0.15, -0.1) is 0 Å². The monoisotopic (exact) mass is 257 g/mol. The fourth-order valence-corrected chi connectivity index (χ4v) is 1.71. The molecule has 0 aromatic rings. The number of nitrogens with zero attached hydrogens (tertiary/aromatic N) is 2. The first-order valence-corrected chi connectivity index (χ1v) is 5.51. The predicted molar refractivity (Wildman–Crippen MR) is 67.0 cm³/mol. The minimum Gasteiger partial charge on any atom is -0.410 e. The van der Waals surface area contributed by atoms with Crippen molar-refractivity contribution in [2.24, 2.45) is 16.3 Å². The SMILES string of the molecule is CCC(=CC(=NO)C(N)=O)C([N+](=O)[O-])C(C)(C)C. The second-order valence-electron chi connectivity index (χ2n) is 4.98. The van der Waals surface area contributed by atoms with Crippen LogP contribution in [-0.2, 0) is 4.79 Å². The maximum atomic E-state index is 11.1. The lowest BCUT2D eigenvalue weighted by Crippen LogP contribution is -2.36. The molecule has 0 aliphatic rings. The molecule has 18 heavy (non-hydrogen) atoms. The molecule has 0 aliphatic heterocycles. The summed E-state index contributed by atoms with van der Waals surface area (Å²) < 4.78 is 0. The van der Waals surface area contributed by atoms with Crippen molar-refractivity contribution in [2.45, 2.75) is 40.2 Å². The van der Waals surface area contributed by atoms with Gasteiger partial charge >= 0.3 is 0 Å². The molecule has 0 aromatic heterocycles. The third-order valence-electron chi connectivity index (χ3n) is 2.47. The van der Waals surface area contributed by atoms with E-state index in [0.717, 1.165) is 0 Å². The number of nitro groups is 1. The Labute approximate surface area is 105 Å². The molecule has 1 amide bonds. The van der Waals surface area contributed by atoms with Crippen LogP contribution < -0.4 is 5.73 Å². The van der Waals surface area contributed by atoms with Crippen LogP contribution in [0.3, 0.4) is 0 Å². The van der Waals surface area contributed by atoms with Crippen LogP contribution in [0.4, 0.5) is 0 Å². The lowest BCUT2D eigenvalue weighted by Gasteiger charge is -2.25. The summed E-state index contributed by atoms with van der Waals surface area (Å²) >= 11 is 0. The molecule has 3 N–H and O–H groups in total. The zero-order chi connectivity index (χ0) is 14.5. The maximum Gasteiger partial charge on any atom is 0.270 e. The van der Waals surface area contributed by atoms with Gasteiger partial charge in [-0.1, -0.05) is 32.9 Å². The molecule has 0 radical (unpaired) electrons. The highest BCUT2D eigenvalue weighted by Gasteiger charge is 2.37. The average molecular weight is 257 g/mol. The summed E-state index contributed by atoms with van der Waals surface area (Å²) in [4.78, 5) is 21.7. The molecule has 0 heterocycles. The summed E-state index contributed by atoms with van der Waals surface area (Å²) in [5.74, 6) is -0.931. The Hall–Kier alpha value is -1.92. The number of primary amides is 1. The van der Waals surface area contributed by atoms with Crippen molar-refractivity contribution in [3.63, 3.8) is 0 Å². The van der Waals surface area contributed by atoms with Crippen LogP contribution in [0.25, 0.3) is 0 Å². The number of carbonyl (C=O) groups is 1. The van der Waals surface area contributed by atoms with Gasteiger partial charge in [0, 0.05) is 15.9 Å². The number of hydrogen-bond acceptors (Lipinski definition) is 5. The molecule has 1 atom stereocenters. The van der Waals surface area contributed by atoms with E-state index in [1.54, 1.807) is 27.7 Å². The Morgan fingerprint density at radius 3 is 2.28 bits per heavy atom. The largest absolute Gasteiger partial charge is 0.410 e. The Morgan fingerprint density at radius 1 is 1.56 bits per heavy atom. The molecule has 0 fully saturated rings. The molecule has 0 saturated carbocycles. The molecule has 0 spiro atoms. The molecule has 0 rings (SSSR count). The molecule has 7 heteroatoms. The molecular weight excluding hydrogens is 238 g/mol. The summed E-state index contributed by atoms with van der Waals surface area (Å²) in [5.41, 5.74) is 4.37. The molecule has 0 aromatic carbocycles. The van der Waals surface area contributed by atoms with Gasteiger partial charge in [-0.25, -0.2) is 0 Å². The molecule has 0 saturated heterocycles. The van der Waals surface area contributed by atoms with Crippen molar-refractivity contribution in [1.29, 1.82) is 0 Å². The molecular formula is C11H19N3O4. The number of carbonyl (C=O) groups excluding carboxylic acids is 1. The van der Waals surface area contributed by atoms with E-state index < -0.39 is 22.3 Å². The van der Waals surface area contributed by atoms with Crippen molar-refractivity contribution in [3.05, 3.63) is 21.8 Å². The smallest absolute Gasteiger partial charge is 0.270 e. The van der Waals surface area contributed by atoms with E-state index >= 15 is 0 Å². The normalized spacial score (nSPS) is 15.3. The van der Waals surface area contributed by atoms with Gasteiger partial charge in [-0.05, 0) is 12.5 Å². The third-order valence-corrected chi connectivity index (χ3v) is 2.47. The minimum absolute atomic E-state index is 0.356. The number of oxime groups is 1. The van der Waals surface area contributed by atoms with E-state index in [1.165, 1.54) is 6.08 Å². The van der Waals surface area contributed by atoms with Crippen LogP contribution in [0.2, 0.25) is 0 Å². The van der Waals surface area contributed by atoms with Gasteiger partial charge in [-0.2, -0.15) is 0 Å². The highest BCUT2D eigenvalue weighted by Crippen LogP contribution is 2.29. The number of amides is 1. The van der Waals surface area contributed by atoms with E-state index in [0.29, 0.717) is 12.0 Å². The number of nitrogens with two attached hydrogens (primary N) is 1. The van der Waals surface area contributed by atoms with Crippen molar-refractivity contribution in [1.82, 2.24) is 0 Å². The molecule has 0 aliphatic carbocycles. The van der Waals surface area contributed by atoms with Gasteiger partial charge in [0.25, 0.3) is 5.91 Å². The highest BCUT2D eigenvalue weighted by atomic mass is 16.6. The first-order chi connectivity index (χ1) is 8.15. The first-order valence-electron chi connectivity index (χ1n) is 5.51. The van der Waals surface area contributed by atoms with E-state index in [1.807, 2.05) is 0 Å². The number of rotatable bonds is 5. The van der Waals surface area contributed by atoms with Gasteiger partial charge in [0.05, 0.1) is 0 Å². The average Bonchev–Trinajstić information content (AvgIpc) is 2.20. The Morgan fingerprint density at radius 2 is 2.06 bits per heavy atom. The summed E-state index contributed by atoms with van der Waals surface area (Å²) in [6.07, 6.45) is 1.54. The van der Waals surface area contributed by atoms with Crippen molar-refractivity contribution in [2.75, 3.05) is 0 Å². The fourth-order valence-electron chi connectivity index (χ4n) is 1.71. The predicted octanol–water partition coefficient (Wildman–Crippen LogP) is 1.33. The molecule has 7 nitrogen and oxygen atoms in total. The van der Waals surface area contributed by atoms with E-state index in [4.69, 9.17) is 10.9 Å². The van der Waals surface area contributed by atoms with Gasteiger partial charge in [0.2, 0.25) is 6.04 Å². The summed E-state index contributed by atoms with van der Waals surface area (Å²) in [7, 11) is 0. The zero-order valence-corrected chi connectivity index (χ0v) is 11.0. The first kappa shape index (κ1) is 16.1. The molecule has 0 bridgehead atoms. The lowest BCUT2D eigenvalue weighted by atomic mass is 9.81. The van der Waals surface area contributed by atoms with Gasteiger partial charge in [0.1, 0.15) is 0 Å². The summed E-state index contributed by atoms with van der Waals surface area (Å²) in [6, 6.07) is -0.974. The highest BCUT2D eigenvalue weighted by molar-refractivity contribution is 6.42. The van der Waals surface area contributed by atoms with Crippen molar-refractivity contribution < 1.29 is 14.9 Å². The zero-order valence-electron chi connectivity index (χ0n) is 11.0. The van der Waals surface area contributed by atoms with Crippen LogP contribution in [0.5, 0.6) is 0 Å². The van der Waals surface area contributed by atoms with Gasteiger partial charge in [0.15, 0.2) is 5.71 Å². The lowest BCUT2D eigenvalue weighted by molar-refractivity contribution is -0.529. The van der Waals surface area contributed by atoms with E-state index in [2.05, 4.69) is 5.16 Å². The Balaban J connectivity index is 5.60. The van der Waals surface area contributed by atoms with Crippen LogP contribution in [0.1, 0.15) is 34.1 Å². The maximum absolute atomic E-state index is 11.1. The summed E-state index contributed by atoms with van der Waals surface area (Å²) in [6.45, 7) is 6.90. The minimum atomic E-state index is -0.974. The van der Waals surface area contributed by atoms with Crippen LogP contribution in [0, 0.1) is 15.5 Å². The van der Waals surface area contributed by atoms with Gasteiger partial charge in [-0.3, -0.25) is 14.9 Å². The molecule has 102 valence electrons. The third kappa shape index (κ3) is 4.15. The second kappa shape index (κ2) is 6.13. The Bertz CT molecular complexity index is 394. The van der Waals surface area contributed by atoms with Crippen LogP contribution in [0.15, 0.2) is 16.8 Å². The summed E-state index contributed by atoms with van der Waals surface area (Å²) in [5, 5.41) is 22.5. The fraction of sp³-hybridized carbons (Fsp3) is 0.636. The van der Waals surface area contributed by atoms with E-state index in [9.17, 15) is 14.9 Å². The van der Waals surface area contributed by atoms with E-state index in [-0.39, 0.29) is 5.71 Å². The van der Waals surface area contributed by atoms with Crippen molar-refractivity contribution in [3.8, 4) is 0 Å². The second-order valence-corrected chi connectivity index (χ2v) is 4.98. The van der Waals surface area contributed by atoms with Crippen LogP contribution >= 0.6 is 0 Å². The van der Waals surface area contributed by atoms with Crippen molar-refractivity contribution >= 4 is 11.6 Å². The molecule has 1 unspecified atom stereocenters. The van der Waals surface area contributed by atoms with Gasteiger partial charge < -0.3 is 10.9 Å². The number of hydrogen-bond donors (Lipinski definition) is 2. The Kier molecular flexibility index (Phi) is 5.48.